The number of furan rings is 1. The van der Waals surface area contributed by atoms with Crippen LogP contribution in [-0.2, 0) is 19.5 Å². The number of hydrogen-bond acceptors (Lipinski definition) is 3. The fourth-order valence-electron chi connectivity index (χ4n) is 1.98. The highest BCUT2D eigenvalue weighted by molar-refractivity contribution is 5.18. The Balaban J connectivity index is 2.07. The number of rotatable bonds is 5. The molecule has 4 heteroatoms. The minimum absolute atomic E-state index is 0.109. The molecule has 19 heavy (non-hydrogen) atoms. The lowest BCUT2D eigenvalue weighted by Gasteiger charge is -2.20. The molecule has 0 aliphatic carbocycles. The fourth-order valence-corrected chi connectivity index (χ4v) is 1.98. The molecule has 0 aromatic carbocycles. The van der Waals surface area contributed by atoms with Crippen LogP contribution < -0.4 is 5.32 Å². The van der Waals surface area contributed by atoms with E-state index in [4.69, 9.17) is 4.42 Å². The van der Waals surface area contributed by atoms with Gasteiger partial charge in [0.15, 0.2) is 0 Å². The van der Waals surface area contributed by atoms with E-state index in [1.54, 1.807) is 6.26 Å². The van der Waals surface area contributed by atoms with Crippen LogP contribution in [0.3, 0.4) is 0 Å². The zero-order valence-electron chi connectivity index (χ0n) is 12.2. The zero-order chi connectivity index (χ0) is 13.9. The first-order valence-corrected chi connectivity index (χ1v) is 6.80. The molecule has 0 unspecified atom stereocenters. The molecule has 2 aromatic rings. The second kappa shape index (κ2) is 5.61. The molecule has 1 N–H and O–H groups in total. The number of aryl methyl sites for hydroxylation is 1. The first kappa shape index (κ1) is 13.9. The Morgan fingerprint density at radius 3 is 2.84 bits per heavy atom. The van der Waals surface area contributed by atoms with Gasteiger partial charge in [0, 0.05) is 36.5 Å². The number of imidazole rings is 1. The van der Waals surface area contributed by atoms with Crippen molar-refractivity contribution in [3.8, 4) is 0 Å². The number of nitrogens with one attached hydrogen (secondary N) is 1. The summed E-state index contributed by atoms with van der Waals surface area (Å²) < 4.78 is 7.75. The summed E-state index contributed by atoms with van der Waals surface area (Å²) in [5, 5.41) is 3.49. The molecule has 0 aliphatic rings. The molecule has 0 bridgehead atoms. The van der Waals surface area contributed by atoms with Crippen molar-refractivity contribution in [1.29, 1.82) is 0 Å². The van der Waals surface area contributed by atoms with Crippen molar-refractivity contribution in [2.75, 3.05) is 0 Å². The lowest BCUT2D eigenvalue weighted by atomic mass is 10.1. The van der Waals surface area contributed by atoms with E-state index in [-0.39, 0.29) is 5.54 Å². The Kier molecular flexibility index (Phi) is 4.10. The Bertz CT molecular complexity index is 519. The van der Waals surface area contributed by atoms with Gasteiger partial charge in [0.2, 0.25) is 0 Å². The van der Waals surface area contributed by atoms with Gasteiger partial charge in [-0.2, -0.15) is 0 Å². The second-order valence-corrected chi connectivity index (χ2v) is 5.80. The van der Waals surface area contributed by atoms with Crippen molar-refractivity contribution in [3.63, 3.8) is 0 Å². The lowest BCUT2D eigenvalue weighted by molar-refractivity contribution is 0.417. The maximum atomic E-state index is 5.61. The van der Waals surface area contributed by atoms with Crippen molar-refractivity contribution in [2.24, 2.45) is 0 Å². The van der Waals surface area contributed by atoms with E-state index >= 15 is 0 Å². The summed E-state index contributed by atoms with van der Waals surface area (Å²) in [6.07, 6.45) is 6.54. The summed E-state index contributed by atoms with van der Waals surface area (Å²) in [6, 6.07) is 2.04. The molecule has 0 atom stereocenters. The van der Waals surface area contributed by atoms with Crippen molar-refractivity contribution >= 4 is 0 Å². The molecule has 2 aromatic heterocycles. The van der Waals surface area contributed by atoms with E-state index in [0.29, 0.717) is 0 Å². The van der Waals surface area contributed by atoms with Crippen molar-refractivity contribution in [3.05, 3.63) is 41.9 Å². The van der Waals surface area contributed by atoms with Crippen LogP contribution in [0.15, 0.2) is 29.1 Å². The van der Waals surface area contributed by atoms with Crippen LogP contribution in [0.25, 0.3) is 0 Å². The second-order valence-electron chi connectivity index (χ2n) is 5.80. The smallest absolute Gasteiger partial charge is 0.127 e. The molecule has 0 saturated heterocycles. The molecule has 104 valence electrons. The quantitative estimate of drug-likeness (QED) is 0.899. The average molecular weight is 261 g/mol. The molecule has 0 saturated carbocycles. The largest absolute Gasteiger partial charge is 0.467 e. The molecule has 0 fully saturated rings. The molecule has 0 radical (unpaired) electrons. The number of aromatic nitrogens is 2. The van der Waals surface area contributed by atoms with Crippen LogP contribution in [-0.4, -0.2) is 15.1 Å². The molecular weight excluding hydrogens is 238 g/mol. The molecule has 0 aliphatic heterocycles. The van der Waals surface area contributed by atoms with Gasteiger partial charge in [0.05, 0.1) is 12.8 Å². The average Bonchev–Trinajstić information content (AvgIpc) is 2.95. The third kappa shape index (κ3) is 3.70. The highest BCUT2D eigenvalue weighted by Gasteiger charge is 2.13. The first-order valence-electron chi connectivity index (χ1n) is 6.80. The van der Waals surface area contributed by atoms with Crippen molar-refractivity contribution in [2.45, 2.75) is 52.7 Å². The lowest BCUT2D eigenvalue weighted by Crippen LogP contribution is -2.35. The molecule has 0 amide bonds. The number of nitrogens with zero attached hydrogens (tertiary/aromatic N) is 2. The maximum absolute atomic E-state index is 5.61. The van der Waals surface area contributed by atoms with Gasteiger partial charge in [-0.05, 0) is 26.8 Å². The van der Waals surface area contributed by atoms with Gasteiger partial charge in [-0.1, -0.05) is 6.92 Å². The minimum atomic E-state index is 0.109. The van der Waals surface area contributed by atoms with Gasteiger partial charge < -0.3 is 14.3 Å². The summed E-state index contributed by atoms with van der Waals surface area (Å²) in [7, 11) is 0. The van der Waals surface area contributed by atoms with Crippen molar-refractivity contribution in [1.82, 2.24) is 14.9 Å². The fraction of sp³-hybridized carbons (Fsp3) is 0.533. The van der Waals surface area contributed by atoms with E-state index in [1.807, 2.05) is 18.5 Å². The molecule has 2 heterocycles. The Hall–Kier alpha value is -1.55. The first-order chi connectivity index (χ1) is 8.99. The normalized spacial score (nSPS) is 12.0. The maximum Gasteiger partial charge on any atom is 0.127 e. The molecule has 2 rings (SSSR count). The molecule has 4 nitrogen and oxygen atoms in total. The van der Waals surface area contributed by atoms with Gasteiger partial charge >= 0.3 is 0 Å². The number of hydrogen-bond donors (Lipinski definition) is 1. The summed E-state index contributed by atoms with van der Waals surface area (Å²) in [6.45, 7) is 10.2. The summed E-state index contributed by atoms with van der Waals surface area (Å²) in [4.78, 5) is 4.34. The molecule has 0 spiro atoms. The highest BCUT2D eigenvalue weighted by atomic mass is 16.3. The highest BCUT2D eigenvalue weighted by Crippen LogP contribution is 2.15. The third-order valence-corrected chi connectivity index (χ3v) is 3.08. The van der Waals surface area contributed by atoms with Gasteiger partial charge in [-0.25, -0.2) is 4.98 Å². The predicted molar refractivity (Wildman–Crippen MR) is 76.0 cm³/mol. The van der Waals surface area contributed by atoms with E-state index in [1.165, 1.54) is 5.56 Å². The Morgan fingerprint density at radius 1 is 1.37 bits per heavy atom. The van der Waals surface area contributed by atoms with Crippen LogP contribution >= 0.6 is 0 Å². The summed E-state index contributed by atoms with van der Waals surface area (Å²) in [5.74, 6) is 2.09. The van der Waals surface area contributed by atoms with E-state index < -0.39 is 0 Å². The third-order valence-electron chi connectivity index (χ3n) is 3.08. The monoisotopic (exact) mass is 261 g/mol. The van der Waals surface area contributed by atoms with Crippen LogP contribution in [0.1, 0.15) is 44.8 Å². The summed E-state index contributed by atoms with van der Waals surface area (Å²) in [5.41, 5.74) is 1.32. The van der Waals surface area contributed by atoms with Crippen LogP contribution in [0.4, 0.5) is 0 Å². The van der Waals surface area contributed by atoms with Gasteiger partial charge in [-0.15, -0.1) is 0 Å². The van der Waals surface area contributed by atoms with Crippen LogP contribution in [0.5, 0.6) is 0 Å². The van der Waals surface area contributed by atoms with Gasteiger partial charge in [0.25, 0.3) is 0 Å². The minimum Gasteiger partial charge on any atom is -0.467 e. The Labute approximate surface area is 114 Å². The SMILES string of the molecule is CCc1nccn1Cc1occc1CNC(C)(C)C. The van der Waals surface area contributed by atoms with Gasteiger partial charge in [-0.3, -0.25) is 0 Å². The standard InChI is InChI=1S/C15H23N3O/c1-5-14-16-7-8-18(14)11-13-12(6-9-19-13)10-17-15(2,3)4/h6-9,17H,5,10-11H2,1-4H3. The molecular formula is C15H23N3O. The van der Waals surface area contributed by atoms with Crippen LogP contribution in [0.2, 0.25) is 0 Å². The predicted octanol–water partition coefficient (Wildman–Crippen LogP) is 2.97. The topological polar surface area (TPSA) is 43.0 Å². The summed E-state index contributed by atoms with van der Waals surface area (Å²) >= 11 is 0. The zero-order valence-corrected chi connectivity index (χ0v) is 12.2. The van der Waals surface area contributed by atoms with E-state index in [9.17, 15) is 0 Å². The van der Waals surface area contributed by atoms with E-state index in [0.717, 1.165) is 31.1 Å². The van der Waals surface area contributed by atoms with Crippen LogP contribution in [0, 0.1) is 0 Å². The Morgan fingerprint density at radius 2 is 2.16 bits per heavy atom. The van der Waals surface area contributed by atoms with Crippen molar-refractivity contribution < 1.29 is 4.42 Å². The van der Waals surface area contributed by atoms with E-state index in [2.05, 4.69) is 42.6 Å². The van der Waals surface area contributed by atoms with Gasteiger partial charge in [0.1, 0.15) is 11.6 Å².